The molecule has 0 N–H and O–H groups in total. The van der Waals surface area contributed by atoms with Crippen molar-refractivity contribution in [2.24, 2.45) is 0 Å². The van der Waals surface area contributed by atoms with Crippen LogP contribution in [0.25, 0.3) is 52.8 Å². The van der Waals surface area contributed by atoms with Crippen molar-refractivity contribution < 1.29 is 0 Å². The molecule has 27 heavy (non-hydrogen) atoms. The van der Waals surface area contributed by atoms with E-state index in [2.05, 4.69) is 86.7 Å². The fourth-order valence-electron chi connectivity index (χ4n) is 3.91. The standard InChI is InChI=1S/C24H15PS2/c25-22-13-27-24-11-18-6-15-8-19-21(14-4-2-1-3-5-14)12-26-23(19)10-17(15)7-16(18)9-20(22)24/h1-13H,25H2. The van der Waals surface area contributed by atoms with Crippen molar-refractivity contribution in [3.63, 3.8) is 0 Å². The predicted molar refractivity (Wildman–Crippen MR) is 127 cm³/mol. The van der Waals surface area contributed by atoms with E-state index in [1.165, 1.54) is 58.1 Å². The number of fused-ring (bicyclic) bond motifs is 4. The van der Waals surface area contributed by atoms with E-state index in [1.807, 2.05) is 22.7 Å². The fourth-order valence-corrected chi connectivity index (χ4v) is 6.33. The van der Waals surface area contributed by atoms with Gasteiger partial charge in [0.05, 0.1) is 0 Å². The maximum Gasteiger partial charge on any atom is 0.0355 e. The second-order valence-electron chi connectivity index (χ2n) is 6.95. The van der Waals surface area contributed by atoms with Gasteiger partial charge in [0.15, 0.2) is 0 Å². The summed E-state index contributed by atoms with van der Waals surface area (Å²) in [4.78, 5) is 0. The third-order valence-electron chi connectivity index (χ3n) is 5.30. The zero-order chi connectivity index (χ0) is 18.0. The Kier molecular flexibility index (Phi) is 3.43. The van der Waals surface area contributed by atoms with Crippen LogP contribution in [-0.2, 0) is 0 Å². The molecule has 0 bridgehead atoms. The minimum atomic E-state index is 1.29. The molecule has 4 aromatic carbocycles. The van der Waals surface area contributed by atoms with E-state index in [0.717, 1.165) is 0 Å². The van der Waals surface area contributed by atoms with Crippen LogP contribution < -0.4 is 5.30 Å². The van der Waals surface area contributed by atoms with Crippen LogP contribution in [0.15, 0.2) is 77.5 Å². The van der Waals surface area contributed by atoms with E-state index in [4.69, 9.17) is 0 Å². The normalized spacial score (nSPS) is 11.9. The minimum absolute atomic E-state index is 1.29. The molecule has 1 atom stereocenters. The molecular weight excluding hydrogens is 383 g/mol. The Balaban J connectivity index is 1.66. The monoisotopic (exact) mass is 398 g/mol. The lowest BCUT2D eigenvalue weighted by Gasteiger charge is -2.06. The van der Waals surface area contributed by atoms with Crippen LogP contribution in [-0.4, -0.2) is 0 Å². The highest BCUT2D eigenvalue weighted by Crippen LogP contribution is 2.38. The Bertz CT molecular complexity index is 1470. The van der Waals surface area contributed by atoms with Gasteiger partial charge in [0, 0.05) is 25.7 Å². The van der Waals surface area contributed by atoms with Gasteiger partial charge in [-0.2, -0.15) is 0 Å². The maximum absolute atomic E-state index is 2.85. The molecule has 0 aliphatic rings. The largest absolute Gasteiger partial charge is 0.143 e. The number of hydrogen-bond donors (Lipinski definition) is 0. The van der Waals surface area contributed by atoms with E-state index in [9.17, 15) is 0 Å². The van der Waals surface area contributed by atoms with Crippen molar-refractivity contribution in [2.45, 2.75) is 0 Å². The molecule has 0 aliphatic carbocycles. The summed E-state index contributed by atoms with van der Waals surface area (Å²) in [5.41, 5.74) is 2.62. The van der Waals surface area contributed by atoms with Crippen LogP contribution in [0.3, 0.4) is 0 Å². The molecule has 6 rings (SSSR count). The average molecular weight is 398 g/mol. The van der Waals surface area contributed by atoms with Crippen LogP contribution in [0, 0.1) is 0 Å². The third-order valence-corrected chi connectivity index (χ3v) is 7.92. The Morgan fingerprint density at radius 2 is 1.19 bits per heavy atom. The lowest BCUT2D eigenvalue weighted by molar-refractivity contribution is 1.69. The van der Waals surface area contributed by atoms with Gasteiger partial charge in [0.25, 0.3) is 0 Å². The van der Waals surface area contributed by atoms with Crippen LogP contribution in [0.4, 0.5) is 0 Å². The molecule has 2 heterocycles. The summed E-state index contributed by atoms with van der Waals surface area (Å²) in [6.45, 7) is 0. The second-order valence-corrected chi connectivity index (χ2v) is 9.39. The summed E-state index contributed by atoms with van der Waals surface area (Å²) in [6.07, 6.45) is 0. The summed E-state index contributed by atoms with van der Waals surface area (Å²) in [7, 11) is 2.85. The lowest BCUT2D eigenvalue weighted by Crippen LogP contribution is -1.84. The van der Waals surface area contributed by atoms with Gasteiger partial charge in [-0.05, 0) is 79.6 Å². The van der Waals surface area contributed by atoms with Gasteiger partial charge in [0.2, 0.25) is 0 Å². The summed E-state index contributed by atoms with van der Waals surface area (Å²) in [5, 5.41) is 13.8. The van der Waals surface area contributed by atoms with Crippen molar-refractivity contribution in [1.29, 1.82) is 0 Å². The number of rotatable bonds is 1. The molecule has 0 saturated heterocycles. The van der Waals surface area contributed by atoms with Crippen LogP contribution in [0.1, 0.15) is 0 Å². The molecular formula is C24H15PS2. The summed E-state index contributed by atoms with van der Waals surface area (Å²) < 4.78 is 2.71. The molecule has 3 heteroatoms. The maximum atomic E-state index is 2.85. The first-order valence-electron chi connectivity index (χ1n) is 8.87. The first-order valence-corrected chi connectivity index (χ1v) is 11.2. The quantitative estimate of drug-likeness (QED) is 0.198. The summed E-state index contributed by atoms with van der Waals surface area (Å²) >= 11 is 3.65. The SMILES string of the molecule is Pc1csc2cc3cc4cc5c(-c6ccccc6)csc5cc4cc3cc12. The third kappa shape index (κ3) is 2.45. The molecule has 0 nitrogen and oxygen atoms in total. The van der Waals surface area contributed by atoms with E-state index in [1.54, 1.807) is 0 Å². The summed E-state index contributed by atoms with van der Waals surface area (Å²) in [5.74, 6) is 0. The highest BCUT2D eigenvalue weighted by atomic mass is 32.1. The molecule has 0 fully saturated rings. The van der Waals surface area contributed by atoms with E-state index in [-0.39, 0.29) is 0 Å². The molecule has 0 amide bonds. The molecule has 0 spiro atoms. The van der Waals surface area contributed by atoms with Crippen LogP contribution in [0.5, 0.6) is 0 Å². The van der Waals surface area contributed by atoms with Crippen molar-refractivity contribution in [3.05, 3.63) is 77.5 Å². The Labute approximate surface area is 167 Å². The van der Waals surface area contributed by atoms with E-state index in [0.29, 0.717) is 0 Å². The van der Waals surface area contributed by atoms with E-state index < -0.39 is 0 Å². The molecule has 6 aromatic rings. The Morgan fingerprint density at radius 1 is 0.593 bits per heavy atom. The van der Waals surface area contributed by atoms with Gasteiger partial charge in [-0.3, -0.25) is 0 Å². The zero-order valence-corrected chi connectivity index (χ0v) is 17.2. The summed E-state index contributed by atoms with van der Waals surface area (Å²) in [6, 6.07) is 24.7. The van der Waals surface area contributed by atoms with Gasteiger partial charge in [-0.25, -0.2) is 0 Å². The number of hydrogen-bond acceptors (Lipinski definition) is 2. The van der Waals surface area contributed by atoms with Gasteiger partial charge in [0.1, 0.15) is 0 Å². The average Bonchev–Trinajstić information content (AvgIpc) is 3.27. The first-order chi connectivity index (χ1) is 13.3. The number of thiophene rings is 2. The molecule has 2 aromatic heterocycles. The second kappa shape index (κ2) is 5.87. The van der Waals surface area contributed by atoms with E-state index >= 15 is 0 Å². The molecule has 0 saturated carbocycles. The van der Waals surface area contributed by atoms with Crippen molar-refractivity contribution in [1.82, 2.24) is 0 Å². The molecule has 128 valence electrons. The highest BCUT2D eigenvalue weighted by Gasteiger charge is 2.10. The Hall–Kier alpha value is -2.25. The Morgan fingerprint density at radius 3 is 1.93 bits per heavy atom. The van der Waals surface area contributed by atoms with Gasteiger partial charge >= 0.3 is 0 Å². The van der Waals surface area contributed by atoms with Crippen molar-refractivity contribution in [3.8, 4) is 11.1 Å². The van der Waals surface area contributed by atoms with Crippen molar-refractivity contribution >= 4 is 78.9 Å². The first kappa shape index (κ1) is 15.8. The van der Waals surface area contributed by atoms with Crippen LogP contribution >= 0.6 is 31.9 Å². The number of benzene rings is 4. The van der Waals surface area contributed by atoms with Gasteiger partial charge < -0.3 is 0 Å². The molecule has 0 aliphatic heterocycles. The van der Waals surface area contributed by atoms with Gasteiger partial charge in [-0.1, -0.05) is 30.3 Å². The van der Waals surface area contributed by atoms with Crippen molar-refractivity contribution in [2.75, 3.05) is 0 Å². The highest BCUT2D eigenvalue weighted by molar-refractivity contribution is 7.32. The molecule has 0 radical (unpaired) electrons. The zero-order valence-electron chi connectivity index (χ0n) is 14.4. The lowest BCUT2D eigenvalue weighted by atomic mass is 9.99. The smallest absolute Gasteiger partial charge is 0.0355 e. The van der Waals surface area contributed by atoms with Crippen LogP contribution in [0.2, 0.25) is 0 Å². The topological polar surface area (TPSA) is 0 Å². The minimum Gasteiger partial charge on any atom is -0.143 e. The fraction of sp³-hybridized carbons (Fsp3) is 0. The van der Waals surface area contributed by atoms with Gasteiger partial charge in [-0.15, -0.1) is 31.9 Å². The molecule has 1 unspecified atom stereocenters. The predicted octanol–water partition coefficient (Wildman–Crippen LogP) is 7.59.